The number of fused-ring (bicyclic) bond motifs is 1. The van der Waals surface area contributed by atoms with E-state index in [0.29, 0.717) is 37.0 Å². The molecule has 0 aromatic carbocycles. The van der Waals surface area contributed by atoms with Gasteiger partial charge in [-0.15, -0.1) is 0 Å². The van der Waals surface area contributed by atoms with Crippen LogP contribution in [0.25, 0.3) is 11.2 Å². The molecule has 4 N–H and O–H groups in total. The maximum atomic E-state index is 12.6. The number of aryl methyl sites for hydroxylation is 1. The fraction of sp³-hybridized carbons (Fsp3) is 0.800. The summed E-state index contributed by atoms with van der Waals surface area (Å²) in [6.07, 6.45) is 26.3. The van der Waals surface area contributed by atoms with Crippen LogP contribution in [0.4, 0.5) is 5.95 Å². The van der Waals surface area contributed by atoms with Crippen LogP contribution in [-0.4, -0.2) is 50.2 Å². The van der Waals surface area contributed by atoms with Gasteiger partial charge in [0, 0.05) is 25.8 Å². The van der Waals surface area contributed by atoms with Crippen LogP contribution in [0.2, 0.25) is 0 Å². The molecule has 2 rings (SSSR count). The van der Waals surface area contributed by atoms with Crippen molar-refractivity contribution < 1.29 is 19.1 Å². The Labute approximate surface area is 271 Å². The van der Waals surface area contributed by atoms with Crippen molar-refractivity contribution in [3.05, 3.63) is 12.5 Å². The Balaban J connectivity index is 1.55. The van der Waals surface area contributed by atoms with Gasteiger partial charge in [-0.3, -0.25) is 9.59 Å². The third-order valence-corrected chi connectivity index (χ3v) is 8.53. The second-order valence-electron chi connectivity index (χ2n) is 12.9. The molecule has 0 saturated heterocycles. The molecule has 0 aliphatic carbocycles. The molecule has 2 aromatic heterocycles. The molecule has 256 valence electrons. The van der Waals surface area contributed by atoms with Crippen LogP contribution >= 0.6 is 0 Å². The molecule has 0 spiro atoms. The lowest BCUT2D eigenvalue weighted by Crippen LogP contribution is -2.39. The summed E-state index contributed by atoms with van der Waals surface area (Å²) in [7, 11) is 0. The summed E-state index contributed by atoms with van der Waals surface area (Å²) in [6.45, 7) is 6.71. The predicted octanol–water partition coefficient (Wildman–Crippen LogP) is 7.67. The average molecular weight is 631 g/mol. The Morgan fingerprint density at radius 3 is 1.93 bits per heavy atom. The summed E-state index contributed by atoms with van der Waals surface area (Å²) < 4.78 is 13.1. The van der Waals surface area contributed by atoms with E-state index in [9.17, 15) is 9.59 Å². The molecular weight excluding hydrogens is 568 g/mol. The van der Waals surface area contributed by atoms with Crippen molar-refractivity contribution in [2.45, 2.75) is 168 Å². The van der Waals surface area contributed by atoms with Gasteiger partial charge >= 0.3 is 11.9 Å². The number of carbonyl (C=O) groups is 2. The third-order valence-electron chi connectivity index (χ3n) is 8.53. The number of nitrogens with two attached hydrogens (primary N) is 2. The van der Waals surface area contributed by atoms with E-state index in [2.05, 4.69) is 21.9 Å². The summed E-state index contributed by atoms with van der Waals surface area (Å²) >= 11 is 0. The van der Waals surface area contributed by atoms with E-state index in [1.807, 2.05) is 18.4 Å². The zero-order chi connectivity index (χ0) is 32.7. The van der Waals surface area contributed by atoms with Gasteiger partial charge in [0.05, 0.1) is 19.1 Å². The van der Waals surface area contributed by atoms with Gasteiger partial charge in [0.25, 0.3) is 0 Å². The summed E-state index contributed by atoms with van der Waals surface area (Å²) in [5.41, 5.74) is 13.0. The lowest BCUT2D eigenvalue weighted by Gasteiger charge is -2.22. The van der Waals surface area contributed by atoms with Gasteiger partial charge in [0.1, 0.15) is 17.7 Å². The highest BCUT2D eigenvalue weighted by Crippen LogP contribution is 2.16. The normalized spacial score (nSPS) is 12.9. The number of nitrogen functional groups attached to an aromatic ring is 1. The highest BCUT2D eigenvalue weighted by atomic mass is 16.6. The topological polar surface area (TPSA) is 148 Å². The average Bonchev–Trinajstić information content (AvgIpc) is 3.42. The van der Waals surface area contributed by atoms with Crippen LogP contribution in [0.1, 0.15) is 149 Å². The van der Waals surface area contributed by atoms with Crippen LogP contribution in [0.3, 0.4) is 0 Å². The molecule has 2 atom stereocenters. The van der Waals surface area contributed by atoms with Crippen molar-refractivity contribution in [1.29, 1.82) is 0 Å². The zero-order valence-corrected chi connectivity index (χ0v) is 28.5. The number of aromatic nitrogens is 4. The minimum Gasteiger partial charge on any atom is -0.466 e. The number of rotatable bonds is 27. The summed E-state index contributed by atoms with van der Waals surface area (Å²) in [6, 6.07) is -0.712. The van der Waals surface area contributed by atoms with Crippen molar-refractivity contribution in [1.82, 2.24) is 19.5 Å². The molecule has 0 amide bonds. The molecule has 10 nitrogen and oxygen atoms in total. The zero-order valence-electron chi connectivity index (χ0n) is 28.5. The van der Waals surface area contributed by atoms with E-state index in [4.69, 9.17) is 20.9 Å². The number of imidazole rings is 1. The van der Waals surface area contributed by atoms with Crippen LogP contribution in [0, 0.1) is 5.92 Å². The van der Waals surface area contributed by atoms with Crippen LogP contribution in [0.5, 0.6) is 0 Å². The SMILES string of the molecule is CCCCCCCCCCCCCCCCCCCC(=O)OCCC(CCn1cnc2cnc(N)nc21)OC(=O)[C@@H](N)C(C)C. The number of nitrogens with zero attached hydrogens (tertiary/aromatic N) is 4. The van der Waals surface area contributed by atoms with E-state index < -0.39 is 18.1 Å². The second kappa shape index (κ2) is 23.6. The number of carbonyl (C=O) groups excluding carboxylic acids is 2. The van der Waals surface area contributed by atoms with Crippen LogP contribution < -0.4 is 11.5 Å². The number of anilines is 1. The molecule has 0 bridgehead atoms. The maximum absolute atomic E-state index is 12.6. The van der Waals surface area contributed by atoms with Crippen molar-refractivity contribution in [3.63, 3.8) is 0 Å². The first-order valence-electron chi connectivity index (χ1n) is 17.9. The molecular formula is C35H62N6O4. The van der Waals surface area contributed by atoms with Crippen molar-refractivity contribution in [2.24, 2.45) is 11.7 Å². The first kappa shape index (κ1) is 38.4. The Morgan fingerprint density at radius 2 is 1.38 bits per heavy atom. The predicted molar refractivity (Wildman–Crippen MR) is 181 cm³/mol. The van der Waals surface area contributed by atoms with Gasteiger partial charge in [-0.1, -0.05) is 124 Å². The Bertz CT molecular complexity index is 1080. The molecule has 0 aliphatic heterocycles. The maximum Gasteiger partial charge on any atom is 0.323 e. The Kier molecular flexibility index (Phi) is 20.1. The van der Waals surface area contributed by atoms with E-state index in [-0.39, 0.29) is 24.4 Å². The van der Waals surface area contributed by atoms with Gasteiger partial charge in [0.2, 0.25) is 5.95 Å². The largest absolute Gasteiger partial charge is 0.466 e. The fourth-order valence-corrected chi connectivity index (χ4v) is 5.46. The number of hydrogen-bond acceptors (Lipinski definition) is 9. The first-order chi connectivity index (χ1) is 21.8. The van der Waals surface area contributed by atoms with Crippen LogP contribution in [0.15, 0.2) is 12.5 Å². The molecule has 45 heavy (non-hydrogen) atoms. The van der Waals surface area contributed by atoms with Gasteiger partial charge in [-0.2, -0.15) is 4.98 Å². The molecule has 2 heterocycles. The van der Waals surface area contributed by atoms with Gasteiger partial charge in [-0.25, -0.2) is 9.97 Å². The number of hydrogen-bond donors (Lipinski definition) is 2. The van der Waals surface area contributed by atoms with Crippen molar-refractivity contribution >= 4 is 29.1 Å². The molecule has 0 radical (unpaired) electrons. The van der Waals surface area contributed by atoms with Crippen molar-refractivity contribution in [2.75, 3.05) is 12.3 Å². The van der Waals surface area contributed by atoms with E-state index >= 15 is 0 Å². The third kappa shape index (κ3) is 16.9. The minimum atomic E-state index is -0.712. The standard InChI is InChI=1S/C35H62N6O4/c1-4-5-6-7-8-9-10-11-12-13-14-15-16-17-18-19-20-21-31(42)44-25-23-29(45-34(43)32(36)28(2)3)22-24-41-27-39-30-26-38-35(37)40-33(30)41/h26-29,32H,4-25,36H2,1-3H3,(H2,37,38,40)/t29?,32-/m0/s1. The Hall–Kier alpha value is -2.75. The lowest BCUT2D eigenvalue weighted by molar-refractivity contribution is -0.154. The number of esters is 2. The van der Waals surface area contributed by atoms with E-state index in [1.54, 1.807) is 12.5 Å². The smallest absolute Gasteiger partial charge is 0.323 e. The number of unbranched alkanes of at least 4 members (excludes halogenated alkanes) is 16. The van der Waals surface area contributed by atoms with Gasteiger partial charge in [-0.05, 0) is 12.3 Å². The monoisotopic (exact) mass is 630 g/mol. The molecule has 10 heteroatoms. The molecule has 1 unspecified atom stereocenters. The second-order valence-corrected chi connectivity index (χ2v) is 12.9. The van der Waals surface area contributed by atoms with Gasteiger partial charge in [0.15, 0.2) is 5.65 Å². The fourth-order valence-electron chi connectivity index (χ4n) is 5.46. The summed E-state index contributed by atoms with van der Waals surface area (Å²) in [5.74, 6) is -0.529. The molecule has 0 aliphatic rings. The highest BCUT2D eigenvalue weighted by molar-refractivity contribution is 5.76. The lowest BCUT2D eigenvalue weighted by atomic mass is 10.0. The minimum absolute atomic E-state index is 0.0437. The van der Waals surface area contributed by atoms with Gasteiger partial charge < -0.3 is 25.5 Å². The Morgan fingerprint density at radius 1 is 0.822 bits per heavy atom. The molecule has 2 aromatic rings. The van der Waals surface area contributed by atoms with E-state index in [1.165, 1.54) is 96.3 Å². The van der Waals surface area contributed by atoms with Crippen molar-refractivity contribution in [3.8, 4) is 0 Å². The molecule has 0 saturated carbocycles. The summed E-state index contributed by atoms with van der Waals surface area (Å²) in [4.78, 5) is 37.5. The van der Waals surface area contributed by atoms with Crippen LogP contribution in [-0.2, 0) is 25.6 Å². The quantitative estimate of drug-likeness (QED) is 0.0749. The highest BCUT2D eigenvalue weighted by Gasteiger charge is 2.23. The first-order valence-corrected chi connectivity index (χ1v) is 17.9. The number of ether oxygens (including phenoxy) is 2. The summed E-state index contributed by atoms with van der Waals surface area (Å²) in [5, 5.41) is 0. The molecule has 0 fully saturated rings. The van der Waals surface area contributed by atoms with E-state index in [0.717, 1.165) is 12.8 Å².